The van der Waals surface area contributed by atoms with E-state index in [0.717, 1.165) is 12.1 Å². The number of amides is 1. The first kappa shape index (κ1) is 18.4. The van der Waals surface area contributed by atoms with Crippen LogP contribution in [0.4, 0.5) is 5.69 Å². The Labute approximate surface area is 149 Å². The molecule has 130 valence electrons. The summed E-state index contributed by atoms with van der Waals surface area (Å²) in [5.41, 5.74) is 4.46. The minimum atomic E-state index is -0.788. The Morgan fingerprint density at radius 2 is 2.00 bits per heavy atom. The summed E-state index contributed by atoms with van der Waals surface area (Å²) in [5, 5.41) is 7.82. The number of benzene rings is 1. The third-order valence-corrected chi connectivity index (χ3v) is 4.22. The van der Waals surface area contributed by atoms with Crippen molar-refractivity contribution in [2.75, 3.05) is 12.4 Å². The zero-order valence-electron chi connectivity index (χ0n) is 14.6. The average molecular weight is 346 g/mol. The second-order valence-electron chi connectivity index (χ2n) is 6.30. The normalized spacial score (nSPS) is 19.4. The van der Waals surface area contributed by atoms with Gasteiger partial charge in [0.15, 0.2) is 5.11 Å². The number of rotatable bonds is 6. The molecule has 1 aliphatic heterocycles. The number of carbonyl (C=O) groups excluding carboxylic acids is 1. The molecule has 0 aliphatic carbocycles. The van der Waals surface area contributed by atoms with Gasteiger partial charge in [0.1, 0.15) is 5.54 Å². The zero-order chi connectivity index (χ0) is 17.6. The quantitative estimate of drug-likeness (QED) is 0.546. The summed E-state index contributed by atoms with van der Waals surface area (Å²) in [6.07, 6.45) is 8.41. The van der Waals surface area contributed by atoms with E-state index < -0.39 is 5.54 Å². The average Bonchev–Trinajstić information content (AvgIpc) is 2.90. The van der Waals surface area contributed by atoms with E-state index in [-0.39, 0.29) is 5.91 Å². The second kappa shape index (κ2) is 8.26. The smallest absolute Gasteiger partial charge is 0.251 e. The minimum absolute atomic E-state index is 0.197. The van der Waals surface area contributed by atoms with Gasteiger partial charge in [-0.1, -0.05) is 31.9 Å². The van der Waals surface area contributed by atoms with Crippen LogP contribution in [0.3, 0.4) is 0 Å². The van der Waals surface area contributed by atoms with E-state index in [2.05, 4.69) is 35.1 Å². The molecule has 1 aromatic carbocycles. The summed E-state index contributed by atoms with van der Waals surface area (Å²) in [7, 11) is 1.84. The van der Waals surface area contributed by atoms with Crippen molar-refractivity contribution >= 4 is 28.9 Å². The molecule has 2 rings (SSSR count). The SMILES string of the molecule is CCCCCc1ccc(NC(=S)NC(=O)C2(C)C=CN(C)N2)cc1. The van der Waals surface area contributed by atoms with Gasteiger partial charge in [-0.2, -0.15) is 0 Å². The number of nitrogens with zero attached hydrogens (tertiary/aromatic N) is 1. The molecule has 0 radical (unpaired) electrons. The Kier molecular flexibility index (Phi) is 6.34. The molecule has 1 aliphatic rings. The molecule has 3 N–H and O–H groups in total. The Bertz CT molecular complexity index is 614. The van der Waals surface area contributed by atoms with E-state index in [4.69, 9.17) is 12.2 Å². The molecule has 24 heavy (non-hydrogen) atoms. The van der Waals surface area contributed by atoms with Crippen molar-refractivity contribution in [3.63, 3.8) is 0 Å². The molecule has 1 aromatic rings. The van der Waals surface area contributed by atoms with Crippen molar-refractivity contribution in [1.29, 1.82) is 0 Å². The highest BCUT2D eigenvalue weighted by atomic mass is 32.1. The molecule has 1 heterocycles. The standard InChI is InChI=1S/C18H26N4OS/c1-4-5-6-7-14-8-10-15(11-9-14)19-17(24)20-16(23)18(2)12-13-22(3)21-18/h8-13,21H,4-7H2,1-3H3,(H2,19,20,23,24). The Morgan fingerprint density at radius 3 is 2.58 bits per heavy atom. The van der Waals surface area contributed by atoms with Crippen molar-refractivity contribution in [2.24, 2.45) is 0 Å². The maximum atomic E-state index is 12.3. The van der Waals surface area contributed by atoms with Crippen molar-refractivity contribution in [1.82, 2.24) is 15.8 Å². The maximum absolute atomic E-state index is 12.3. The molecule has 0 saturated heterocycles. The number of hydrogen-bond acceptors (Lipinski definition) is 4. The molecule has 1 unspecified atom stereocenters. The summed E-state index contributed by atoms with van der Waals surface area (Å²) < 4.78 is 0. The lowest BCUT2D eigenvalue weighted by molar-refractivity contribution is -0.124. The number of thiocarbonyl (C=S) groups is 1. The van der Waals surface area contributed by atoms with Crippen LogP contribution >= 0.6 is 12.2 Å². The first-order valence-electron chi connectivity index (χ1n) is 8.34. The van der Waals surface area contributed by atoms with Crippen LogP contribution in [0.15, 0.2) is 36.5 Å². The van der Waals surface area contributed by atoms with Crippen LogP contribution in [0.2, 0.25) is 0 Å². The third kappa shape index (κ3) is 5.04. The summed E-state index contributed by atoms with van der Waals surface area (Å²) in [6.45, 7) is 4.01. The molecule has 5 nitrogen and oxygen atoms in total. The minimum Gasteiger partial charge on any atom is -0.332 e. The molecule has 0 fully saturated rings. The van der Waals surface area contributed by atoms with E-state index in [1.165, 1.54) is 24.8 Å². The van der Waals surface area contributed by atoms with Crippen molar-refractivity contribution in [2.45, 2.75) is 45.1 Å². The Morgan fingerprint density at radius 1 is 1.29 bits per heavy atom. The fourth-order valence-electron chi connectivity index (χ4n) is 2.56. The number of unbranched alkanes of at least 4 members (excludes halogenated alkanes) is 2. The lowest BCUT2D eigenvalue weighted by Gasteiger charge is -2.24. The fourth-order valence-corrected chi connectivity index (χ4v) is 2.77. The predicted molar refractivity (Wildman–Crippen MR) is 102 cm³/mol. The largest absolute Gasteiger partial charge is 0.332 e. The van der Waals surface area contributed by atoms with Crippen LogP contribution in [-0.2, 0) is 11.2 Å². The molecular formula is C18H26N4OS. The predicted octanol–water partition coefficient (Wildman–Crippen LogP) is 2.95. The fraction of sp³-hybridized carbons (Fsp3) is 0.444. The van der Waals surface area contributed by atoms with Gasteiger partial charge < -0.3 is 15.6 Å². The number of carbonyl (C=O) groups is 1. The molecular weight excluding hydrogens is 320 g/mol. The number of aryl methyl sites for hydroxylation is 1. The highest BCUT2D eigenvalue weighted by molar-refractivity contribution is 7.80. The van der Waals surface area contributed by atoms with Gasteiger partial charge in [0.25, 0.3) is 5.91 Å². The Balaban J connectivity index is 1.84. The lowest BCUT2D eigenvalue weighted by Crippen LogP contribution is -2.55. The molecule has 0 aromatic heterocycles. The third-order valence-electron chi connectivity index (χ3n) is 4.02. The topological polar surface area (TPSA) is 56.4 Å². The first-order valence-corrected chi connectivity index (χ1v) is 8.75. The van der Waals surface area contributed by atoms with E-state index in [1.807, 2.05) is 25.4 Å². The molecule has 6 heteroatoms. The highest BCUT2D eigenvalue weighted by Crippen LogP contribution is 2.14. The van der Waals surface area contributed by atoms with Crippen LogP contribution in [0.5, 0.6) is 0 Å². The van der Waals surface area contributed by atoms with Crippen LogP contribution < -0.4 is 16.1 Å². The van der Waals surface area contributed by atoms with Crippen molar-refractivity contribution < 1.29 is 4.79 Å². The van der Waals surface area contributed by atoms with Gasteiger partial charge in [-0.15, -0.1) is 0 Å². The highest BCUT2D eigenvalue weighted by Gasteiger charge is 2.35. The molecule has 1 atom stereocenters. The number of hydrazine groups is 1. The Hall–Kier alpha value is -1.92. The molecule has 1 amide bonds. The van der Waals surface area contributed by atoms with E-state index in [0.29, 0.717) is 5.11 Å². The summed E-state index contributed by atoms with van der Waals surface area (Å²) in [4.78, 5) is 12.3. The summed E-state index contributed by atoms with van der Waals surface area (Å²) in [6, 6.07) is 8.17. The van der Waals surface area contributed by atoms with Gasteiger partial charge in [0.2, 0.25) is 0 Å². The number of nitrogens with one attached hydrogen (secondary N) is 3. The van der Waals surface area contributed by atoms with Gasteiger partial charge in [0, 0.05) is 18.9 Å². The van der Waals surface area contributed by atoms with Gasteiger partial charge in [0.05, 0.1) is 0 Å². The van der Waals surface area contributed by atoms with Gasteiger partial charge in [-0.05, 0) is 55.8 Å². The van der Waals surface area contributed by atoms with Gasteiger partial charge in [-0.25, -0.2) is 5.43 Å². The molecule has 0 bridgehead atoms. The lowest BCUT2D eigenvalue weighted by atomic mass is 10.0. The van der Waals surface area contributed by atoms with Crippen LogP contribution in [0.1, 0.15) is 38.7 Å². The van der Waals surface area contributed by atoms with Gasteiger partial charge in [-0.3, -0.25) is 4.79 Å². The second-order valence-corrected chi connectivity index (χ2v) is 6.71. The monoisotopic (exact) mass is 346 g/mol. The number of hydrogen-bond donors (Lipinski definition) is 3. The van der Waals surface area contributed by atoms with Crippen LogP contribution in [0, 0.1) is 0 Å². The van der Waals surface area contributed by atoms with Crippen LogP contribution in [0.25, 0.3) is 0 Å². The number of anilines is 1. The zero-order valence-corrected chi connectivity index (χ0v) is 15.4. The van der Waals surface area contributed by atoms with E-state index >= 15 is 0 Å². The first-order chi connectivity index (χ1) is 11.4. The molecule has 0 spiro atoms. The van der Waals surface area contributed by atoms with Crippen molar-refractivity contribution in [3.8, 4) is 0 Å². The summed E-state index contributed by atoms with van der Waals surface area (Å²) >= 11 is 5.24. The van der Waals surface area contributed by atoms with Crippen LogP contribution in [-0.4, -0.2) is 28.6 Å². The summed E-state index contributed by atoms with van der Waals surface area (Å²) in [5.74, 6) is -0.197. The van der Waals surface area contributed by atoms with Crippen molar-refractivity contribution in [3.05, 3.63) is 42.1 Å². The molecule has 0 saturated carbocycles. The maximum Gasteiger partial charge on any atom is 0.251 e. The van der Waals surface area contributed by atoms with E-state index in [9.17, 15) is 4.79 Å². The van der Waals surface area contributed by atoms with Gasteiger partial charge >= 0.3 is 0 Å². The van der Waals surface area contributed by atoms with E-state index in [1.54, 1.807) is 18.0 Å².